The van der Waals surface area contributed by atoms with Gasteiger partial charge in [0.05, 0.1) is 18.3 Å². The summed E-state index contributed by atoms with van der Waals surface area (Å²) in [4.78, 5) is 44.9. The molecule has 2 aliphatic carbocycles. The molecule has 12 nitrogen and oxygen atoms in total. The first-order valence-electron chi connectivity index (χ1n) is 12.9. The van der Waals surface area contributed by atoms with Crippen LogP contribution in [0.5, 0.6) is 0 Å². The van der Waals surface area contributed by atoms with Crippen molar-refractivity contribution in [2.45, 2.75) is 76.4 Å². The number of nitrogens with zero attached hydrogens (tertiary/aromatic N) is 5. The lowest BCUT2D eigenvalue weighted by Gasteiger charge is -2.32. The third kappa shape index (κ3) is 5.31. The zero-order chi connectivity index (χ0) is 28.1. The molecule has 2 atom stereocenters. The standard InChI is InChI=1S/C26H32FN7O5/c1-26(2,3)39-25(38)32(4)21-12-20(29-18-6-5-9-33(24(18)37)15-10-14(27)11-15)31-22-16(13-28-34(21)22)23(36)30-17-7-8-19(17)35/h5-6,9,12-15,17,19,35H,7-8,10-11H2,1-4H3,(H,29,31)(H,30,36)/t14-,15-,17-,19+/m0/s1. The average Bonchev–Trinajstić information content (AvgIpc) is 3.28. The number of carbonyl (C=O) groups is 2. The zero-order valence-electron chi connectivity index (χ0n) is 22.2. The monoisotopic (exact) mass is 541 g/mol. The van der Waals surface area contributed by atoms with Crippen LogP contribution in [-0.2, 0) is 4.74 Å². The minimum absolute atomic E-state index is 0.130. The molecule has 0 aromatic carbocycles. The van der Waals surface area contributed by atoms with Crippen LogP contribution in [0.2, 0.25) is 0 Å². The van der Waals surface area contributed by atoms with Gasteiger partial charge in [0.1, 0.15) is 34.7 Å². The highest BCUT2D eigenvalue weighted by atomic mass is 19.1. The highest BCUT2D eigenvalue weighted by Gasteiger charge is 2.33. The van der Waals surface area contributed by atoms with Crippen molar-refractivity contribution in [2.24, 2.45) is 0 Å². The molecule has 2 aliphatic rings. The molecule has 2 amide bonds. The predicted octanol–water partition coefficient (Wildman–Crippen LogP) is 2.93. The van der Waals surface area contributed by atoms with Crippen LogP contribution in [-0.4, -0.2) is 67.2 Å². The average molecular weight is 542 g/mol. The number of nitrogens with one attached hydrogen (secondary N) is 2. The van der Waals surface area contributed by atoms with Gasteiger partial charge < -0.3 is 25.0 Å². The van der Waals surface area contributed by atoms with Crippen LogP contribution < -0.4 is 21.1 Å². The van der Waals surface area contributed by atoms with Crippen LogP contribution >= 0.6 is 0 Å². The van der Waals surface area contributed by atoms with Gasteiger partial charge in [0.15, 0.2) is 5.65 Å². The Kier molecular flexibility index (Phi) is 6.79. The number of aliphatic hydroxyl groups is 1. The van der Waals surface area contributed by atoms with Crippen LogP contribution in [0.3, 0.4) is 0 Å². The molecule has 5 rings (SSSR count). The fourth-order valence-corrected chi connectivity index (χ4v) is 4.51. The van der Waals surface area contributed by atoms with Gasteiger partial charge >= 0.3 is 6.09 Å². The van der Waals surface area contributed by atoms with Gasteiger partial charge in [-0.2, -0.15) is 9.61 Å². The molecule has 2 saturated carbocycles. The van der Waals surface area contributed by atoms with Gasteiger partial charge in [-0.1, -0.05) is 0 Å². The van der Waals surface area contributed by atoms with Crippen LogP contribution in [0.1, 0.15) is 62.9 Å². The van der Waals surface area contributed by atoms with E-state index in [0.717, 1.165) is 0 Å². The highest BCUT2D eigenvalue weighted by Crippen LogP contribution is 2.34. The minimum atomic E-state index is -0.916. The number of ether oxygens (including phenoxy) is 1. The Labute approximate surface area is 223 Å². The Morgan fingerprint density at radius 2 is 2.00 bits per heavy atom. The van der Waals surface area contributed by atoms with Crippen LogP contribution in [0.15, 0.2) is 35.4 Å². The molecule has 0 aliphatic heterocycles. The fourth-order valence-electron chi connectivity index (χ4n) is 4.51. The molecule has 0 spiro atoms. The van der Waals surface area contributed by atoms with E-state index in [0.29, 0.717) is 12.8 Å². The lowest BCUT2D eigenvalue weighted by molar-refractivity contribution is 0.0448. The summed E-state index contributed by atoms with van der Waals surface area (Å²) in [5, 5.41) is 20.0. The quantitative estimate of drug-likeness (QED) is 0.432. The van der Waals surface area contributed by atoms with Crippen molar-refractivity contribution in [1.82, 2.24) is 24.5 Å². The Hall–Kier alpha value is -4.00. The molecule has 3 heterocycles. The maximum absolute atomic E-state index is 13.4. The Bertz CT molecular complexity index is 1470. The molecule has 0 bridgehead atoms. The number of amides is 2. The number of halogens is 1. The second-order valence-electron chi connectivity index (χ2n) is 11.0. The molecule has 208 valence electrons. The lowest BCUT2D eigenvalue weighted by atomic mass is 9.89. The third-order valence-electron chi connectivity index (χ3n) is 6.95. The normalized spacial score (nSPS) is 22.5. The highest BCUT2D eigenvalue weighted by molar-refractivity contribution is 6.00. The van der Waals surface area contributed by atoms with Crippen molar-refractivity contribution in [3.05, 3.63) is 46.5 Å². The molecule has 0 unspecified atom stereocenters. The Morgan fingerprint density at radius 3 is 2.62 bits per heavy atom. The van der Waals surface area contributed by atoms with Crippen molar-refractivity contribution in [3.63, 3.8) is 0 Å². The maximum Gasteiger partial charge on any atom is 0.415 e. The molecule has 2 fully saturated rings. The van der Waals surface area contributed by atoms with Gasteiger partial charge in [0.2, 0.25) is 0 Å². The second kappa shape index (κ2) is 9.95. The molecule has 0 saturated heterocycles. The number of pyridine rings is 1. The lowest BCUT2D eigenvalue weighted by Crippen LogP contribution is -2.50. The van der Waals surface area contributed by atoms with Gasteiger partial charge in [0, 0.05) is 25.4 Å². The largest absolute Gasteiger partial charge is 0.443 e. The summed E-state index contributed by atoms with van der Waals surface area (Å²) in [6.45, 7) is 5.23. The van der Waals surface area contributed by atoms with Crippen molar-refractivity contribution >= 4 is 35.0 Å². The van der Waals surface area contributed by atoms with E-state index in [1.54, 1.807) is 39.1 Å². The van der Waals surface area contributed by atoms with E-state index in [4.69, 9.17) is 4.74 Å². The fraction of sp³-hybridized carbons (Fsp3) is 0.500. The molecular weight excluding hydrogens is 509 g/mol. The van der Waals surface area contributed by atoms with E-state index in [2.05, 4.69) is 20.7 Å². The second-order valence-corrected chi connectivity index (χ2v) is 11.0. The smallest absolute Gasteiger partial charge is 0.415 e. The molecular formula is C26H32FN7O5. The first-order valence-corrected chi connectivity index (χ1v) is 12.9. The number of rotatable bonds is 6. The molecule has 3 N–H and O–H groups in total. The summed E-state index contributed by atoms with van der Waals surface area (Å²) < 4.78 is 21.8. The van der Waals surface area contributed by atoms with Gasteiger partial charge in [0.25, 0.3) is 11.5 Å². The van der Waals surface area contributed by atoms with E-state index in [9.17, 15) is 23.9 Å². The van der Waals surface area contributed by atoms with E-state index >= 15 is 0 Å². The number of alkyl halides is 1. The number of aliphatic hydroxyl groups excluding tert-OH is 1. The minimum Gasteiger partial charge on any atom is -0.443 e. The van der Waals surface area contributed by atoms with Crippen molar-refractivity contribution in [1.29, 1.82) is 0 Å². The van der Waals surface area contributed by atoms with Gasteiger partial charge in [-0.15, -0.1) is 0 Å². The third-order valence-corrected chi connectivity index (χ3v) is 6.95. The summed E-state index contributed by atoms with van der Waals surface area (Å²) in [5.74, 6) is -0.0648. The maximum atomic E-state index is 13.4. The number of hydrogen-bond donors (Lipinski definition) is 3. The van der Waals surface area contributed by atoms with E-state index in [1.807, 2.05) is 0 Å². The van der Waals surface area contributed by atoms with E-state index < -0.39 is 29.9 Å². The van der Waals surface area contributed by atoms with Crippen LogP contribution in [0.25, 0.3) is 5.65 Å². The van der Waals surface area contributed by atoms with E-state index in [1.165, 1.54) is 33.3 Å². The number of hydrogen-bond acceptors (Lipinski definition) is 8. The van der Waals surface area contributed by atoms with E-state index in [-0.39, 0.29) is 59.0 Å². The molecule has 0 radical (unpaired) electrons. The number of carbonyl (C=O) groups excluding carboxylic acids is 2. The summed E-state index contributed by atoms with van der Waals surface area (Å²) in [7, 11) is 1.50. The first-order chi connectivity index (χ1) is 18.4. The van der Waals surface area contributed by atoms with Crippen LogP contribution in [0, 0.1) is 0 Å². The Morgan fingerprint density at radius 1 is 1.26 bits per heavy atom. The summed E-state index contributed by atoms with van der Waals surface area (Å²) in [6, 6.07) is 4.19. The summed E-state index contributed by atoms with van der Waals surface area (Å²) in [5.41, 5.74) is -0.640. The molecule has 13 heteroatoms. The first kappa shape index (κ1) is 26.6. The topological polar surface area (TPSA) is 143 Å². The molecule has 39 heavy (non-hydrogen) atoms. The van der Waals surface area contributed by atoms with Crippen molar-refractivity contribution < 1.29 is 23.8 Å². The van der Waals surface area contributed by atoms with Gasteiger partial charge in [-0.25, -0.2) is 14.2 Å². The van der Waals surface area contributed by atoms with Crippen molar-refractivity contribution in [3.8, 4) is 0 Å². The number of fused-ring (bicyclic) bond motifs is 1. The predicted molar refractivity (Wildman–Crippen MR) is 141 cm³/mol. The molecule has 3 aromatic rings. The molecule has 3 aromatic heterocycles. The Balaban J connectivity index is 1.53. The van der Waals surface area contributed by atoms with Gasteiger partial charge in [-0.05, 0) is 58.6 Å². The number of anilines is 3. The SMILES string of the molecule is CN(C(=O)OC(C)(C)C)c1cc(Nc2cccn([C@H]3C[C@H](F)C3)c2=O)nc2c(C(=O)N[C@H]3CC[C@H]3O)cnn12. The summed E-state index contributed by atoms with van der Waals surface area (Å²) in [6.07, 6.45) is 2.59. The van der Waals surface area contributed by atoms with Crippen molar-refractivity contribution in [2.75, 3.05) is 17.3 Å². The van der Waals surface area contributed by atoms with Gasteiger partial charge in [-0.3, -0.25) is 14.5 Å². The summed E-state index contributed by atoms with van der Waals surface area (Å²) >= 11 is 0. The van der Waals surface area contributed by atoms with Crippen LogP contribution in [0.4, 0.5) is 26.5 Å². The zero-order valence-corrected chi connectivity index (χ0v) is 22.2. The number of aromatic nitrogens is 4.